The van der Waals surface area contributed by atoms with Gasteiger partial charge in [0.1, 0.15) is 23.9 Å². The summed E-state index contributed by atoms with van der Waals surface area (Å²) in [4.78, 5) is 60.4. The number of nitrogens with two attached hydrogens (primary N) is 1. The molecule has 5 unspecified atom stereocenters. The number of phenolic OH excluding ortho intramolecular Hbond substituents is 1. The highest BCUT2D eigenvalue weighted by molar-refractivity contribution is 5.95. The molecule has 0 saturated carbocycles. The molecule has 3 amide bonds. The summed E-state index contributed by atoms with van der Waals surface area (Å²) in [6, 6.07) is -0.0813. The molecule has 1 aromatic rings. The van der Waals surface area contributed by atoms with Crippen molar-refractivity contribution >= 4 is 29.7 Å². The van der Waals surface area contributed by atoms with Gasteiger partial charge < -0.3 is 42.1 Å². The van der Waals surface area contributed by atoms with Crippen molar-refractivity contribution < 1.29 is 44.4 Å². The summed E-state index contributed by atoms with van der Waals surface area (Å²) in [5, 5.41) is 44.0. The number of phenols is 1. The second-order valence-electron chi connectivity index (χ2n) is 8.08. The Labute approximate surface area is 201 Å². The Kier molecular flexibility index (Phi) is 11.6. The molecule has 1 rings (SSSR count). The van der Waals surface area contributed by atoms with Crippen LogP contribution >= 0.6 is 0 Å². The van der Waals surface area contributed by atoms with Crippen LogP contribution in [-0.2, 0) is 30.4 Å². The van der Waals surface area contributed by atoms with Crippen LogP contribution in [0.2, 0.25) is 0 Å². The molecule has 0 heterocycles. The molecule has 0 aliphatic heterocycles. The first-order valence-electron chi connectivity index (χ1n) is 10.9. The van der Waals surface area contributed by atoms with E-state index in [0.29, 0.717) is 12.0 Å². The smallest absolute Gasteiger partial charge is 0.326 e. The van der Waals surface area contributed by atoms with E-state index in [1.807, 2.05) is 6.92 Å². The fraction of sp³-hybridized carbons (Fsp3) is 0.500. The average Bonchev–Trinajstić information content (AvgIpc) is 2.81. The summed E-state index contributed by atoms with van der Waals surface area (Å²) in [7, 11) is 0. The lowest BCUT2D eigenvalue weighted by Crippen LogP contribution is -2.59. The number of hydrogen-bond acceptors (Lipinski definition) is 8. The first-order valence-corrected chi connectivity index (χ1v) is 10.9. The molecule has 194 valence electrons. The molecule has 0 aliphatic rings. The predicted octanol–water partition coefficient (Wildman–Crippen LogP) is -1.69. The van der Waals surface area contributed by atoms with E-state index in [1.54, 1.807) is 6.92 Å². The number of nitrogens with one attached hydrogen (secondary N) is 3. The molecule has 5 atom stereocenters. The van der Waals surface area contributed by atoms with Gasteiger partial charge >= 0.3 is 11.9 Å². The number of carbonyl (C=O) groups excluding carboxylic acids is 3. The van der Waals surface area contributed by atoms with Gasteiger partial charge in [0.2, 0.25) is 17.7 Å². The minimum absolute atomic E-state index is 0.0375. The lowest BCUT2D eigenvalue weighted by molar-refractivity contribution is -0.143. The number of aliphatic carboxylic acids is 2. The fourth-order valence-electron chi connectivity index (χ4n) is 2.97. The normalized spacial score (nSPS) is 15.1. The van der Waals surface area contributed by atoms with Crippen LogP contribution in [0.4, 0.5) is 0 Å². The van der Waals surface area contributed by atoms with Crippen molar-refractivity contribution in [2.75, 3.05) is 6.61 Å². The van der Waals surface area contributed by atoms with Gasteiger partial charge in [0, 0.05) is 6.42 Å². The van der Waals surface area contributed by atoms with E-state index in [4.69, 9.17) is 10.8 Å². The number of hydrogen-bond donors (Lipinski definition) is 8. The highest BCUT2D eigenvalue weighted by atomic mass is 16.4. The van der Waals surface area contributed by atoms with Crippen LogP contribution in [0.5, 0.6) is 5.75 Å². The molecular weight excluding hydrogens is 464 g/mol. The first kappa shape index (κ1) is 29.3. The number of aliphatic hydroxyl groups is 1. The van der Waals surface area contributed by atoms with Crippen LogP contribution in [0.3, 0.4) is 0 Å². The maximum atomic E-state index is 12.7. The highest BCUT2D eigenvalue weighted by Crippen LogP contribution is 2.12. The molecule has 13 heteroatoms. The first-order chi connectivity index (χ1) is 16.4. The molecule has 1 aromatic carbocycles. The molecule has 0 saturated heterocycles. The van der Waals surface area contributed by atoms with Crippen LogP contribution in [0, 0.1) is 5.92 Å². The highest BCUT2D eigenvalue weighted by Gasteiger charge is 2.32. The fourth-order valence-corrected chi connectivity index (χ4v) is 2.97. The second kappa shape index (κ2) is 13.9. The third-order valence-corrected chi connectivity index (χ3v) is 5.38. The number of rotatable bonds is 14. The topological polar surface area (TPSA) is 228 Å². The molecule has 0 aromatic heterocycles. The number of carboxylic acids is 2. The molecule has 0 bridgehead atoms. The Morgan fingerprint density at radius 3 is 1.89 bits per heavy atom. The van der Waals surface area contributed by atoms with Gasteiger partial charge in [-0.1, -0.05) is 32.4 Å². The van der Waals surface area contributed by atoms with E-state index in [1.165, 1.54) is 24.3 Å². The standard InChI is InChI=1S/C22H32N4O9/c1-3-11(2)18(23)21(33)26-16(10-27)20(32)24-14(9-17(29)30)19(31)25-15(22(34)35)8-12-4-6-13(28)7-5-12/h4-7,11,14-16,18,27-28H,3,8-10,23H2,1-2H3,(H,24,32)(H,25,31)(H,26,33)(H,29,30)(H,34,35). The Hall–Kier alpha value is -3.71. The molecule has 35 heavy (non-hydrogen) atoms. The average molecular weight is 497 g/mol. The maximum absolute atomic E-state index is 12.7. The van der Waals surface area contributed by atoms with Crippen LogP contribution in [0.1, 0.15) is 32.3 Å². The summed E-state index contributed by atoms with van der Waals surface area (Å²) in [5.74, 6) is -5.98. The van der Waals surface area contributed by atoms with E-state index in [2.05, 4.69) is 16.0 Å². The van der Waals surface area contributed by atoms with Crippen LogP contribution in [0.15, 0.2) is 24.3 Å². The molecule has 0 radical (unpaired) electrons. The summed E-state index contributed by atoms with van der Waals surface area (Å²) in [6.45, 7) is 2.68. The summed E-state index contributed by atoms with van der Waals surface area (Å²) < 4.78 is 0. The van der Waals surface area contributed by atoms with E-state index in [0.717, 1.165) is 0 Å². The van der Waals surface area contributed by atoms with Crippen LogP contribution in [0.25, 0.3) is 0 Å². The number of amides is 3. The van der Waals surface area contributed by atoms with Gasteiger partial charge in [0.05, 0.1) is 19.1 Å². The lowest BCUT2D eigenvalue weighted by atomic mass is 9.99. The van der Waals surface area contributed by atoms with Gasteiger partial charge in [-0.3, -0.25) is 19.2 Å². The van der Waals surface area contributed by atoms with Crippen molar-refractivity contribution in [2.24, 2.45) is 11.7 Å². The molecular formula is C22H32N4O9. The molecule has 0 spiro atoms. The summed E-state index contributed by atoms with van der Waals surface area (Å²) in [6.07, 6.45) is -0.486. The van der Waals surface area contributed by atoms with Gasteiger partial charge in [-0.15, -0.1) is 0 Å². The zero-order valence-corrected chi connectivity index (χ0v) is 19.4. The lowest BCUT2D eigenvalue weighted by Gasteiger charge is -2.24. The number of aromatic hydroxyl groups is 1. The van der Waals surface area contributed by atoms with Crippen molar-refractivity contribution in [1.82, 2.24) is 16.0 Å². The molecule has 9 N–H and O–H groups in total. The Bertz CT molecular complexity index is 907. The van der Waals surface area contributed by atoms with Crippen molar-refractivity contribution in [3.63, 3.8) is 0 Å². The minimum Gasteiger partial charge on any atom is -0.508 e. The largest absolute Gasteiger partial charge is 0.508 e. The van der Waals surface area contributed by atoms with E-state index in [9.17, 15) is 39.3 Å². The Morgan fingerprint density at radius 1 is 0.886 bits per heavy atom. The van der Waals surface area contributed by atoms with Gasteiger partial charge in [-0.25, -0.2) is 4.79 Å². The van der Waals surface area contributed by atoms with Crippen molar-refractivity contribution in [1.29, 1.82) is 0 Å². The second-order valence-corrected chi connectivity index (χ2v) is 8.08. The van der Waals surface area contributed by atoms with Crippen molar-refractivity contribution in [2.45, 2.75) is 57.3 Å². The molecule has 0 fully saturated rings. The number of carboxylic acid groups (broad SMARTS) is 2. The van der Waals surface area contributed by atoms with Crippen LogP contribution in [-0.4, -0.2) is 80.9 Å². The quantitative estimate of drug-likeness (QED) is 0.146. The zero-order valence-electron chi connectivity index (χ0n) is 19.4. The van der Waals surface area contributed by atoms with Crippen molar-refractivity contribution in [3.8, 4) is 5.75 Å². The third-order valence-electron chi connectivity index (χ3n) is 5.38. The number of aliphatic hydroxyl groups excluding tert-OH is 1. The van der Waals surface area contributed by atoms with Gasteiger partial charge in [-0.2, -0.15) is 0 Å². The number of carbonyl (C=O) groups is 5. The zero-order chi connectivity index (χ0) is 26.7. The minimum atomic E-state index is -1.70. The van der Waals surface area contributed by atoms with Crippen molar-refractivity contribution in [3.05, 3.63) is 29.8 Å². The van der Waals surface area contributed by atoms with E-state index >= 15 is 0 Å². The maximum Gasteiger partial charge on any atom is 0.326 e. The SMILES string of the molecule is CCC(C)C(N)C(=O)NC(CO)C(=O)NC(CC(=O)O)C(=O)NC(Cc1ccc(O)cc1)C(=O)O. The monoisotopic (exact) mass is 496 g/mol. The summed E-state index contributed by atoms with van der Waals surface area (Å²) >= 11 is 0. The van der Waals surface area contributed by atoms with Gasteiger partial charge in [0.25, 0.3) is 0 Å². The molecule has 0 aliphatic carbocycles. The van der Waals surface area contributed by atoms with Gasteiger partial charge in [0.15, 0.2) is 0 Å². The Balaban J connectivity index is 2.94. The predicted molar refractivity (Wildman–Crippen MR) is 122 cm³/mol. The van der Waals surface area contributed by atoms with Gasteiger partial charge in [-0.05, 0) is 23.6 Å². The number of benzene rings is 1. The van der Waals surface area contributed by atoms with Crippen LogP contribution < -0.4 is 21.7 Å². The third kappa shape index (κ3) is 9.59. The summed E-state index contributed by atoms with van der Waals surface area (Å²) in [5.41, 5.74) is 6.28. The Morgan fingerprint density at radius 2 is 1.40 bits per heavy atom. The van der Waals surface area contributed by atoms with E-state index in [-0.39, 0.29) is 18.1 Å². The van der Waals surface area contributed by atoms with E-state index < -0.39 is 66.9 Å². The molecule has 13 nitrogen and oxygen atoms in total.